The van der Waals surface area contributed by atoms with E-state index >= 15 is 0 Å². The van der Waals surface area contributed by atoms with Crippen LogP contribution in [0.15, 0.2) is 32.4 Å². The molecule has 0 radical (unpaired) electrons. The second-order valence-electron chi connectivity index (χ2n) is 9.83. The number of phosphoric ester groups is 1. The Morgan fingerprint density at radius 2 is 0.658 bits per heavy atom. The van der Waals surface area contributed by atoms with Gasteiger partial charge in [-0.1, -0.05) is 115 Å². The lowest BCUT2D eigenvalue weighted by atomic mass is 10.2. The van der Waals surface area contributed by atoms with E-state index in [-0.39, 0.29) is 0 Å². The van der Waals surface area contributed by atoms with Gasteiger partial charge in [-0.05, 0) is 57.8 Å². The van der Waals surface area contributed by atoms with Crippen molar-refractivity contribution >= 4 is 42.6 Å². The molecule has 0 aliphatic heterocycles. The number of allylic oxidation sites excluding steroid dienone is 6. The Balaban J connectivity index is 6.63. The zero-order chi connectivity index (χ0) is 28.8. The fraction of sp³-hybridized carbons (Fsp3) is 0.800. The van der Waals surface area contributed by atoms with Crippen LogP contribution in [0.5, 0.6) is 0 Å². The first-order valence-corrected chi connectivity index (χ1v) is 17.6. The molecule has 0 unspecified atom stereocenters. The van der Waals surface area contributed by atoms with Crippen LogP contribution < -0.4 is 0 Å². The third kappa shape index (κ3) is 16.7. The van der Waals surface area contributed by atoms with E-state index in [4.69, 9.17) is 48.4 Å². The number of hydrogen-bond donors (Lipinski definition) is 0. The molecule has 0 spiro atoms. The fourth-order valence-electron chi connectivity index (χ4n) is 3.58. The molecule has 4 nitrogen and oxygen atoms in total. The highest BCUT2D eigenvalue weighted by Crippen LogP contribution is 2.58. The van der Waals surface area contributed by atoms with Crippen molar-refractivity contribution in [2.24, 2.45) is 0 Å². The van der Waals surface area contributed by atoms with Crippen molar-refractivity contribution in [2.45, 2.75) is 157 Å². The van der Waals surface area contributed by atoms with E-state index in [1.807, 2.05) is 0 Å². The van der Waals surface area contributed by atoms with E-state index in [0.717, 1.165) is 77.0 Å². The Hall–Kier alpha value is -0.280. The third-order valence-electron chi connectivity index (χ3n) is 6.10. The number of hydrogen-bond acceptors (Lipinski definition) is 4. The predicted octanol–water partition coefficient (Wildman–Crippen LogP) is 13.6. The van der Waals surface area contributed by atoms with Gasteiger partial charge in [0.1, 0.15) is 17.3 Å². The smallest absolute Gasteiger partial charge is 0.389 e. The van der Waals surface area contributed by atoms with Crippen LogP contribution in [0.1, 0.15) is 157 Å². The van der Waals surface area contributed by atoms with Crippen LogP contribution in [0.3, 0.4) is 0 Å². The summed E-state index contributed by atoms with van der Waals surface area (Å²) < 4.78 is 33.1. The Kier molecular flexibility index (Phi) is 23.3. The molecule has 0 rings (SSSR count). The molecule has 0 aromatic carbocycles. The molecular formula is C30H54Cl3O4P. The molecule has 0 bridgehead atoms. The van der Waals surface area contributed by atoms with Crippen molar-refractivity contribution in [3.05, 3.63) is 32.4 Å². The van der Waals surface area contributed by atoms with Crippen molar-refractivity contribution in [1.82, 2.24) is 0 Å². The Morgan fingerprint density at radius 1 is 0.447 bits per heavy atom. The third-order valence-corrected chi connectivity index (χ3v) is 8.63. The molecule has 0 aromatic heterocycles. The first-order valence-electron chi connectivity index (χ1n) is 15.0. The summed E-state index contributed by atoms with van der Waals surface area (Å²) in [4.78, 5) is 0. The van der Waals surface area contributed by atoms with E-state index < -0.39 is 7.82 Å². The van der Waals surface area contributed by atoms with Crippen molar-refractivity contribution in [1.29, 1.82) is 0 Å². The average Bonchev–Trinajstić information content (AvgIpc) is 2.91. The summed E-state index contributed by atoms with van der Waals surface area (Å²) in [6.45, 7) is 12.6. The first-order chi connectivity index (χ1) is 18.2. The molecular weight excluding hydrogens is 562 g/mol. The molecule has 0 aromatic rings. The number of phosphoric acid groups is 1. The summed E-state index contributed by atoms with van der Waals surface area (Å²) in [5.74, 6) is 1.43. The summed E-state index contributed by atoms with van der Waals surface area (Å²) in [6.07, 6.45) is 14.8. The van der Waals surface area contributed by atoms with Crippen LogP contribution in [-0.2, 0) is 18.1 Å². The average molecular weight is 616 g/mol. The molecule has 0 saturated carbocycles. The second-order valence-corrected chi connectivity index (χ2v) is 12.6. The number of rotatable bonds is 24. The topological polar surface area (TPSA) is 44.8 Å². The van der Waals surface area contributed by atoms with Crippen molar-refractivity contribution in [2.75, 3.05) is 0 Å². The quantitative estimate of drug-likeness (QED) is 0.0800. The maximum atomic E-state index is 14.5. The number of unbranched alkanes of at least 4 members (excludes halogenated alkanes) is 6. The van der Waals surface area contributed by atoms with E-state index in [1.165, 1.54) is 0 Å². The van der Waals surface area contributed by atoms with Gasteiger partial charge >= 0.3 is 7.82 Å². The van der Waals surface area contributed by atoms with Gasteiger partial charge in [0.05, 0.1) is 15.1 Å². The van der Waals surface area contributed by atoms with Crippen LogP contribution in [0.4, 0.5) is 0 Å². The highest BCUT2D eigenvalue weighted by atomic mass is 35.5. The standard InChI is InChI=1S/C30H54Cl3O4P/c1-7-13-19-25(31)28(22-16-10-4)35-38(34,36-29(23-17-11-5)26(32)20-14-8-2)37-30(24-18-12-6)27(33)21-15-9-3/h7-24H2,1-6H3/b28-25+,29-26+,30-27+. The molecule has 0 aliphatic rings. The Morgan fingerprint density at radius 3 is 0.868 bits per heavy atom. The van der Waals surface area contributed by atoms with Gasteiger partial charge in [0.2, 0.25) is 0 Å². The molecule has 0 aliphatic carbocycles. The highest BCUT2D eigenvalue weighted by molar-refractivity contribution is 7.48. The van der Waals surface area contributed by atoms with Crippen molar-refractivity contribution in [3.63, 3.8) is 0 Å². The largest absolute Gasteiger partial charge is 0.646 e. The molecule has 8 heteroatoms. The SMILES string of the molecule is CCCC/C(Cl)=C(/CCCC)OP(=O)(O/C(CCCC)=C(/Cl)CCCC)O/C(CCCC)=C(/Cl)CCCC. The van der Waals surface area contributed by atoms with Gasteiger partial charge in [-0.2, -0.15) is 4.57 Å². The van der Waals surface area contributed by atoms with Crippen LogP contribution in [-0.4, -0.2) is 0 Å². The normalized spacial score (nSPS) is 14.0. The van der Waals surface area contributed by atoms with Crippen molar-refractivity contribution in [3.8, 4) is 0 Å². The van der Waals surface area contributed by atoms with E-state index in [1.54, 1.807) is 0 Å². The van der Waals surface area contributed by atoms with Gasteiger partial charge in [-0.3, -0.25) is 0 Å². The summed E-state index contributed by atoms with van der Waals surface area (Å²) in [5, 5.41) is 1.71. The summed E-state index contributed by atoms with van der Waals surface area (Å²) in [5.41, 5.74) is 0. The monoisotopic (exact) mass is 614 g/mol. The van der Waals surface area contributed by atoms with Crippen LogP contribution in [0.2, 0.25) is 0 Å². The van der Waals surface area contributed by atoms with Crippen molar-refractivity contribution < 1.29 is 18.1 Å². The van der Waals surface area contributed by atoms with E-state index in [9.17, 15) is 4.57 Å². The van der Waals surface area contributed by atoms with Crippen LogP contribution in [0.25, 0.3) is 0 Å². The lowest BCUT2D eigenvalue weighted by Crippen LogP contribution is -2.05. The predicted molar refractivity (Wildman–Crippen MR) is 167 cm³/mol. The van der Waals surface area contributed by atoms with E-state index in [0.29, 0.717) is 70.9 Å². The van der Waals surface area contributed by atoms with Gasteiger partial charge in [0, 0.05) is 19.3 Å². The minimum Gasteiger partial charge on any atom is -0.389 e. The van der Waals surface area contributed by atoms with Gasteiger partial charge in [0.15, 0.2) is 0 Å². The Labute approximate surface area is 249 Å². The lowest BCUT2D eigenvalue weighted by Gasteiger charge is -2.25. The molecule has 0 amide bonds. The molecule has 224 valence electrons. The summed E-state index contributed by atoms with van der Waals surface area (Å²) >= 11 is 20.1. The maximum absolute atomic E-state index is 14.5. The van der Waals surface area contributed by atoms with Gasteiger partial charge in [0.25, 0.3) is 0 Å². The summed E-state index contributed by atoms with van der Waals surface area (Å²) in [6, 6.07) is 0. The fourth-order valence-corrected chi connectivity index (χ4v) is 6.07. The minimum absolute atomic E-state index is 0.476. The zero-order valence-electron chi connectivity index (χ0n) is 24.9. The van der Waals surface area contributed by atoms with E-state index in [2.05, 4.69) is 41.5 Å². The van der Waals surface area contributed by atoms with Gasteiger partial charge in [-0.15, -0.1) is 0 Å². The molecule has 0 saturated heterocycles. The van der Waals surface area contributed by atoms with Gasteiger partial charge in [-0.25, -0.2) is 0 Å². The lowest BCUT2D eigenvalue weighted by molar-refractivity contribution is 0.179. The van der Waals surface area contributed by atoms with Crippen LogP contribution >= 0.6 is 42.6 Å². The zero-order valence-corrected chi connectivity index (χ0v) is 28.1. The number of halogens is 3. The highest BCUT2D eigenvalue weighted by Gasteiger charge is 2.37. The summed E-state index contributed by atoms with van der Waals surface area (Å²) in [7, 11) is -4.19. The first kappa shape index (κ1) is 37.7. The molecule has 38 heavy (non-hydrogen) atoms. The molecule has 0 heterocycles. The molecule has 0 fully saturated rings. The molecule has 0 atom stereocenters. The van der Waals surface area contributed by atoms with Crippen LogP contribution in [0, 0.1) is 0 Å². The molecule has 0 N–H and O–H groups in total. The second kappa shape index (κ2) is 23.4. The maximum Gasteiger partial charge on any atom is 0.646 e. The minimum atomic E-state index is -4.19. The Bertz CT molecular complexity index is 678. The van der Waals surface area contributed by atoms with Gasteiger partial charge < -0.3 is 13.6 Å².